The molecule has 0 aromatic heterocycles. The summed E-state index contributed by atoms with van der Waals surface area (Å²) in [7, 11) is 0. The number of aliphatic hydroxyl groups is 2. The van der Waals surface area contributed by atoms with E-state index in [1.807, 2.05) is 48.5 Å². The van der Waals surface area contributed by atoms with Crippen molar-refractivity contribution in [3.63, 3.8) is 0 Å². The van der Waals surface area contributed by atoms with E-state index in [9.17, 15) is 14.7 Å². The van der Waals surface area contributed by atoms with Crippen LogP contribution in [-0.2, 0) is 14.3 Å². The predicted molar refractivity (Wildman–Crippen MR) is 107 cm³/mol. The first-order valence-corrected chi connectivity index (χ1v) is 10.1. The number of fused-ring (bicyclic) bond motifs is 3. The van der Waals surface area contributed by atoms with Gasteiger partial charge in [0.2, 0.25) is 0 Å². The Labute approximate surface area is 167 Å². The summed E-state index contributed by atoms with van der Waals surface area (Å²) < 4.78 is 5.40. The second-order valence-corrected chi connectivity index (χ2v) is 7.80. The molecule has 0 spiro atoms. The Morgan fingerprint density at radius 1 is 1.18 bits per heavy atom. The van der Waals surface area contributed by atoms with Gasteiger partial charge in [-0.3, -0.25) is 0 Å². The van der Waals surface area contributed by atoms with Crippen LogP contribution in [0.1, 0.15) is 17.0 Å². The molecular formula is C21H22NO5S. The molecule has 0 fully saturated rings. The van der Waals surface area contributed by atoms with E-state index in [0.29, 0.717) is 0 Å². The average Bonchev–Trinajstić information content (AvgIpc) is 3.05. The molecule has 6 nitrogen and oxygen atoms in total. The molecule has 0 saturated heterocycles. The van der Waals surface area contributed by atoms with E-state index in [-0.39, 0.29) is 30.3 Å². The molecule has 147 valence electrons. The highest BCUT2D eigenvalue weighted by Gasteiger charge is 2.38. The fourth-order valence-electron chi connectivity index (χ4n) is 3.28. The maximum atomic E-state index is 12.5. The van der Waals surface area contributed by atoms with Crippen LogP contribution < -0.4 is 5.73 Å². The van der Waals surface area contributed by atoms with Crippen molar-refractivity contribution in [3.8, 4) is 11.1 Å². The Bertz CT molecular complexity index is 813. The van der Waals surface area contributed by atoms with Gasteiger partial charge in [0.15, 0.2) is 11.8 Å². The first-order valence-electron chi connectivity index (χ1n) is 8.93. The minimum atomic E-state index is -2.04. The zero-order valence-electron chi connectivity index (χ0n) is 15.2. The van der Waals surface area contributed by atoms with Crippen molar-refractivity contribution in [3.05, 3.63) is 59.7 Å². The Balaban J connectivity index is 1.69. The van der Waals surface area contributed by atoms with Gasteiger partial charge in [-0.1, -0.05) is 48.5 Å². The Morgan fingerprint density at radius 3 is 2.29 bits per heavy atom. The molecule has 1 radical (unpaired) electrons. The first kappa shape index (κ1) is 20.5. The summed E-state index contributed by atoms with van der Waals surface area (Å²) in [6, 6.07) is 15.8. The molecule has 2 atom stereocenters. The molecule has 0 amide bonds. The van der Waals surface area contributed by atoms with E-state index < -0.39 is 24.2 Å². The molecule has 7 heteroatoms. The van der Waals surface area contributed by atoms with E-state index in [1.165, 1.54) is 0 Å². The second kappa shape index (κ2) is 8.87. The Kier molecular flexibility index (Phi) is 6.51. The van der Waals surface area contributed by atoms with Crippen LogP contribution in [0.2, 0.25) is 0 Å². The van der Waals surface area contributed by atoms with Gasteiger partial charge >= 0.3 is 5.97 Å². The lowest BCUT2D eigenvalue weighted by molar-refractivity contribution is -0.151. The van der Waals surface area contributed by atoms with Crippen LogP contribution in [0, 0.1) is 0 Å². The van der Waals surface area contributed by atoms with E-state index in [0.717, 1.165) is 34.0 Å². The minimum absolute atomic E-state index is 0.0469. The molecule has 3 N–H and O–H groups in total. The highest BCUT2D eigenvalue weighted by molar-refractivity contribution is 7.99. The smallest absolute Gasteiger partial charge is 0.336 e. The maximum Gasteiger partial charge on any atom is 0.336 e. The number of hydrogen-bond donors (Lipinski definition) is 2. The number of thioether (sulfide) groups is 1. The number of esters is 1. The fourth-order valence-corrected chi connectivity index (χ4v) is 4.28. The topological polar surface area (TPSA) is 108 Å². The SMILES string of the molecule is [NH]C(C=O)(CSC[C@H](O)CO)C(=O)OCC1c2ccccc2-c2ccccc21. The highest BCUT2D eigenvalue weighted by Crippen LogP contribution is 2.44. The second-order valence-electron chi connectivity index (χ2n) is 6.77. The summed E-state index contributed by atoms with van der Waals surface area (Å²) in [4.78, 5) is 23.8. The van der Waals surface area contributed by atoms with Crippen LogP contribution in [0.4, 0.5) is 0 Å². The Morgan fingerprint density at radius 2 is 1.75 bits per heavy atom. The van der Waals surface area contributed by atoms with Gasteiger partial charge in [-0.2, -0.15) is 11.8 Å². The number of carbonyl (C=O) groups excluding carboxylic acids is 2. The van der Waals surface area contributed by atoms with Crippen molar-refractivity contribution in [2.75, 3.05) is 24.7 Å². The van der Waals surface area contributed by atoms with Crippen LogP contribution in [0.15, 0.2) is 48.5 Å². The van der Waals surface area contributed by atoms with Gasteiger partial charge in [0.25, 0.3) is 0 Å². The van der Waals surface area contributed by atoms with Gasteiger partial charge in [-0.25, -0.2) is 10.5 Å². The largest absolute Gasteiger partial charge is 0.463 e. The number of aliphatic hydroxyl groups excluding tert-OH is 2. The molecule has 0 saturated carbocycles. The van der Waals surface area contributed by atoms with E-state index in [2.05, 4.69) is 0 Å². The molecule has 0 bridgehead atoms. The number of ether oxygens (including phenoxy) is 1. The van der Waals surface area contributed by atoms with Gasteiger partial charge in [0.05, 0.1) is 12.7 Å². The molecular weight excluding hydrogens is 378 g/mol. The van der Waals surface area contributed by atoms with E-state index in [4.69, 9.17) is 15.6 Å². The highest BCUT2D eigenvalue weighted by atomic mass is 32.2. The standard InChI is InChI=1S/C21H22NO5S/c22-21(12-24,13-28-11-14(25)9-23)20(26)27-10-19-17-7-3-1-5-15(17)16-6-2-4-8-18(16)19/h1-8,12,14,19,22-23,25H,9-11,13H2/t14-,21?/m1/s1. The van der Waals surface area contributed by atoms with Crippen molar-refractivity contribution in [1.29, 1.82) is 0 Å². The molecule has 1 unspecified atom stereocenters. The summed E-state index contributed by atoms with van der Waals surface area (Å²) in [5, 5.41) is 18.2. The van der Waals surface area contributed by atoms with Gasteiger partial charge < -0.3 is 19.7 Å². The molecule has 0 heterocycles. The van der Waals surface area contributed by atoms with E-state index >= 15 is 0 Å². The summed E-state index contributed by atoms with van der Waals surface area (Å²) in [5.41, 5.74) is 10.4. The average molecular weight is 400 g/mol. The van der Waals surface area contributed by atoms with Gasteiger partial charge in [0, 0.05) is 17.4 Å². The number of nitrogens with one attached hydrogen (secondary N) is 1. The first-order chi connectivity index (χ1) is 13.5. The monoisotopic (exact) mass is 400 g/mol. The van der Waals surface area contributed by atoms with Crippen LogP contribution in [0.5, 0.6) is 0 Å². The van der Waals surface area contributed by atoms with Crippen LogP contribution in [-0.4, -0.2) is 58.8 Å². The summed E-state index contributed by atoms with van der Waals surface area (Å²) in [5.74, 6) is -1.07. The molecule has 2 aromatic carbocycles. The van der Waals surface area contributed by atoms with Crippen molar-refractivity contribution in [1.82, 2.24) is 5.73 Å². The lowest BCUT2D eigenvalue weighted by Gasteiger charge is -2.22. The normalized spacial score (nSPS) is 16.0. The number of carbonyl (C=O) groups is 2. The van der Waals surface area contributed by atoms with Gasteiger partial charge in [-0.05, 0) is 22.3 Å². The summed E-state index contributed by atoms with van der Waals surface area (Å²) >= 11 is 1.05. The van der Waals surface area contributed by atoms with Crippen LogP contribution >= 0.6 is 11.8 Å². The Hall–Kier alpha value is -2.19. The lowest BCUT2D eigenvalue weighted by Crippen LogP contribution is -2.46. The molecule has 28 heavy (non-hydrogen) atoms. The van der Waals surface area contributed by atoms with Crippen LogP contribution in [0.3, 0.4) is 0 Å². The third-order valence-electron chi connectivity index (χ3n) is 4.76. The number of benzene rings is 2. The van der Waals surface area contributed by atoms with Gasteiger partial charge in [0.1, 0.15) is 6.61 Å². The third kappa shape index (κ3) is 4.12. The number of rotatable bonds is 9. The molecule has 0 aliphatic heterocycles. The fraction of sp³-hybridized carbons (Fsp3) is 0.333. The van der Waals surface area contributed by atoms with Crippen molar-refractivity contribution < 1.29 is 24.5 Å². The lowest BCUT2D eigenvalue weighted by atomic mass is 9.98. The minimum Gasteiger partial charge on any atom is -0.463 e. The molecule has 1 aliphatic carbocycles. The summed E-state index contributed by atoms with van der Waals surface area (Å²) in [6.07, 6.45) is -0.687. The molecule has 2 aromatic rings. The zero-order valence-corrected chi connectivity index (χ0v) is 16.0. The zero-order chi connectivity index (χ0) is 20.1. The van der Waals surface area contributed by atoms with Crippen molar-refractivity contribution in [2.45, 2.75) is 17.6 Å². The maximum absolute atomic E-state index is 12.5. The summed E-state index contributed by atoms with van der Waals surface area (Å²) in [6.45, 7) is -0.366. The third-order valence-corrected chi connectivity index (χ3v) is 6.04. The van der Waals surface area contributed by atoms with Gasteiger partial charge in [-0.15, -0.1) is 0 Å². The van der Waals surface area contributed by atoms with Crippen LogP contribution in [0.25, 0.3) is 11.1 Å². The predicted octanol–water partition coefficient (Wildman–Crippen LogP) is 1.65. The molecule has 1 aliphatic rings. The molecule has 3 rings (SSSR count). The number of aldehydes is 1. The number of hydrogen-bond acceptors (Lipinski definition) is 6. The van der Waals surface area contributed by atoms with Crippen molar-refractivity contribution in [2.24, 2.45) is 0 Å². The van der Waals surface area contributed by atoms with E-state index in [1.54, 1.807) is 0 Å². The van der Waals surface area contributed by atoms with Crippen molar-refractivity contribution >= 4 is 24.0 Å². The quantitative estimate of drug-likeness (QED) is 0.376.